The zero-order valence-electron chi connectivity index (χ0n) is 17.6. The zero-order valence-corrected chi connectivity index (χ0v) is 17.6. The Kier molecular flexibility index (Phi) is 5.68. The van der Waals surface area contributed by atoms with Gasteiger partial charge in [-0.15, -0.1) is 0 Å². The lowest BCUT2D eigenvalue weighted by molar-refractivity contribution is 0.0691. The molecule has 156 valence electrons. The van der Waals surface area contributed by atoms with E-state index in [-0.39, 0.29) is 11.7 Å². The zero-order chi connectivity index (χ0) is 21.3. The number of carboxylic acids is 1. The quantitative estimate of drug-likeness (QED) is 0.621. The minimum atomic E-state index is -1.04. The number of fused-ring (bicyclic) bond motifs is 1. The van der Waals surface area contributed by atoms with E-state index in [1.165, 1.54) is 11.8 Å². The van der Waals surface area contributed by atoms with Crippen LogP contribution in [0.1, 0.15) is 64.6 Å². The maximum atomic E-state index is 11.5. The lowest BCUT2D eigenvalue weighted by Gasteiger charge is -2.25. The summed E-state index contributed by atoms with van der Waals surface area (Å²) in [4.78, 5) is 20.5. The fourth-order valence-electron chi connectivity index (χ4n) is 4.34. The first-order chi connectivity index (χ1) is 14.4. The number of ether oxygens (including phenoxy) is 1. The normalized spacial score (nSPS) is 15.8. The molecule has 2 N–H and O–H groups in total. The summed E-state index contributed by atoms with van der Waals surface area (Å²) in [5, 5.41) is 13.9. The van der Waals surface area contributed by atoms with Crippen molar-refractivity contribution in [2.24, 2.45) is 0 Å². The third kappa shape index (κ3) is 4.00. The van der Waals surface area contributed by atoms with E-state index in [1.54, 1.807) is 12.1 Å². The molecule has 30 heavy (non-hydrogen) atoms. The van der Waals surface area contributed by atoms with E-state index in [2.05, 4.69) is 42.3 Å². The predicted octanol–water partition coefficient (Wildman–Crippen LogP) is 5.01. The number of pyridine rings is 2. The third-order valence-electron chi connectivity index (χ3n) is 5.85. The number of aromatic nitrogens is 2. The number of nitrogens with one attached hydrogen (secondary N) is 1. The van der Waals surface area contributed by atoms with Crippen molar-refractivity contribution >= 4 is 22.6 Å². The summed E-state index contributed by atoms with van der Waals surface area (Å²) in [5.74, 6) is -0.580. The van der Waals surface area contributed by atoms with Crippen LogP contribution in [0.3, 0.4) is 0 Å². The number of aryl methyl sites for hydroxylation is 2. The van der Waals surface area contributed by atoms with Gasteiger partial charge in [-0.2, -0.15) is 0 Å². The first-order valence-electron chi connectivity index (χ1n) is 10.4. The van der Waals surface area contributed by atoms with E-state index in [4.69, 9.17) is 9.72 Å². The van der Waals surface area contributed by atoms with Crippen LogP contribution in [0.25, 0.3) is 10.9 Å². The topological polar surface area (TPSA) is 84.3 Å². The minimum Gasteiger partial charge on any atom is -0.476 e. The maximum Gasteiger partial charge on any atom is 0.356 e. The number of carboxylic acid groups (broad SMARTS) is 1. The number of rotatable bonds is 5. The van der Waals surface area contributed by atoms with Crippen molar-refractivity contribution in [1.82, 2.24) is 9.97 Å². The Balaban J connectivity index is 1.76. The highest BCUT2D eigenvalue weighted by Crippen LogP contribution is 2.34. The Bertz CT molecular complexity index is 1090. The van der Waals surface area contributed by atoms with E-state index in [0.717, 1.165) is 53.8 Å². The number of aromatic carboxylic acids is 1. The summed E-state index contributed by atoms with van der Waals surface area (Å²) in [6.07, 6.45) is 3.52. The van der Waals surface area contributed by atoms with Gasteiger partial charge in [-0.25, -0.2) is 9.78 Å². The highest BCUT2D eigenvalue weighted by Gasteiger charge is 2.21. The van der Waals surface area contributed by atoms with Crippen molar-refractivity contribution < 1.29 is 14.6 Å². The van der Waals surface area contributed by atoms with Gasteiger partial charge in [0.05, 0.1) is 11.2 Å². The molecule has 1 aliphatic rings. The maximum absolute atomic E-state index is 11.5. The number of hydrogen-bond donors (Lipinski definition) is 2. The summed E-state index contributed by atoms with van der Waals surface area (Å²) < 4.78 is 5.54. The van der Waals surface area contributed by atoms with Gasteiger partial charge in [-0.3, -0.25) is 4.98 Å². The van der Waals surface area contributed by atoms with Crippen molar-refractivity contribution in [3.63, 3.8) is 0 Å². The van der Waals surface area contributed by atoms with Crippen LogP contribution in [0.4, 0.5) is 5.69 Å². The average Bonchev–Trinajstić information content (AvgIpc) is 2.73. The van der Waals surface area contributed by atoms with E-state index >= 15 is 0 Å². The second-order valence-corrected chi connectivity index (χ2v) is 8.04. The van der Waals surface area contributed by atoms with Crippen LogP contribution in [0, 0.1) is 13.8 Å². The highest BCUT2D eigenvalue weighted by molar-refractivity contribution is 5.92. The summed E-state index contributed by atoms with van der Waals surface area (Å²) in [6, 6.07) is 9.93. The molecule has 6 heteroatoms. The number of benzene rings is 1. The molecular weight excluding hydrogens is 378 g/mol. The van der Waals surface area contributed by atoms with E-state index in [0.29, 0.717) is 11.6 Å². The van der Waals surface area contributed by atoms with Crippen molar-refractivity contribution in [2.45, 2.75) is 45.6 Å². The lowest BCUT2D eigenvalue weighted by Crippen LogP contribution is -2.16. The van der Waals surface area contributed by atoms with Gasteiger partial charge in [0.15, 0.2) is 5.69 Å². The Morgan fingerprint density at radius 1 is 1.23 bits per heavy atom. The average molecular weight is 405 g/mol. The summed E-state index contributed by atoms with van der Waals surface area (Å²) in [7, 11) is 0. The molecule has 1 atom stereocenters. The molecule has 0 unspecified atom stereocenters. The van der Waals surface area contributed by atoms with Crippen LogP contribution in [0.15, 0.2) is 36.5 Å². The molecule has 3 heterocycles. The largest absolute Gasteiger partial charge is 0.476 e. The van der Waals surface area contributed by atoms with Gasteiger partial charge in [-0.05, 0) is 80.5 Å². The Hall–Kier alpha value is -2.99. The van der Waals surface area contributed by atoms with Gasteiger partial charge in [0.25, 0.3) is 0 Å². The number of carbonyl (C=O) groups is 1. The van der Waals surface area contributed by atoms with Crippen molar-refractivity contribution in [2.75, 3.05) is 18.5 Å². The number of nitrogens with zero attached hydrogens (tertiary/aromatic N) is 2. The summed E-state index contributed by atoms with van der Waals surface area (Å²) in [5.41, 5.74) is 6.10. The fourth-order valence-corrected chi connectivity index (χ4v) is 4.34. The second-order valence-electron chi connectivity index (χ2n) is 8.04. The Morgan fingerprint density at radius 3 is 2.73 bits per heavy atom. The standard InChI is InChI=1S/C24H27N3O3/c1-14-11-19(16(3)26-21-5-4-8-25-23(21)24(28)29)20-13-18(15(2)27-22(20)12-14)17-6-9-30-10-7-17/h4-5,8,11-13,16-17,26H,6-7,9-10H2,1-3H3,(H,28,29)/t16-/m1/s1. The van der Waals surface area contributed by atoms with Crippen molar-refractivity contribution in [3.8, 4) is 0 Å². The minimum absolute atomic E-state index is 0.0261. The van der Waals surface area contributed by atoms with E-state index in [1.807, 2.05) is 6.92 Å². The molecule has 0 spiro atoms. The van der Waals surface area contributed by atoms with Crippen LogP contribution in [-0.4, -0.2) is 34.3 Å². The monoisotopic (exact) mass is 405 g/mol. The predicted molar refractivity (Wildman–Crippen MR) is 117 cm³/mol. The molecule has 0 saturated carbocycles. The smallest absolute Gasteiger partial charge is 0.356 e. The molecule has 2 aromatic heterocycles. The lowest BCUT2D eigenvalue weighted by atomic mass is 9.88. The first kappa shape index (κ1) is 20.3. The third-order valence-corrected chi connectivity index (χ3v) is 5.85. The van der Waals surface area contributed by atoms with E-state index in [9.17, 15) is 9.90 Å². The van der Waals surface area contributed by atoms with Crippen LogP contribution in [0.5, 0.6) is 0 Å². The molecule has 0 radical (unpaired) electrons. The van der Waals surface area contributed by atoms with E-state index < -0.39 is 5.97 Å². The molecule has 0 amide bonds. The molecular formula is C24H27N3O3. The SMILES string of the molecule is Cc1cc([C@@H](C)Nc2cccnc2C(=O)O)c2cc(C3CCOCC3)c(C)nc2c1. The molecule has 6 nitrogen and oxygen atoms in total. The van der Waals surface area contributed by atoms with Crippen molar-refractivity contribution in [3.05, 3.63) is 64.6 Å². The van der Waals surface area contributed by atoms with Gasteiger partial charge < -0.3 is 15.2 Å². The molecule has 0 aliphatic carbocycles. The first-order valence-corrected chi connectivity index (χ1v) is 10.4. The van der Waals surface area contributed by atoms with Gasteiger partial charge in [0, 0.05) is 36.5 Å². The van der Waals surface area contributed by atoms with Crippen LogP contribution < -0.4 is 5.32 Å². The Morgan fingerprint density at radius 2 is 2.00 bits per heavy atom. The van der Waals surface area contributed by atoms with Crippen LogP contribution in [0.2, 0.25) is 0 Å². The van der Waals surface area contributed by atoms with Gasteiger partial charge in [0.1, 0.15) is 0 Å². The van der Waals surface area contributed by atoms with Gasteiger partial charge in [-0.1, -0.05) is 6.07 Å². The van der Waals surface area contributed by atoms with Gasteiger partial charge in [0.2, 0.25) is 0 Å². The molecule has 1 saturated heterocycles. The summed E-state index contributed by atoms with van der Waals surface area (Å²) in [6.45, 7) is 7.77. The highest BCUT2D eigenvalue weighted by atomic mass is 16.5. The number of hydrogen-bond acceptors (Lipinski definition) is 5. The summed E-state index contributed by atoms with van der Waals surface area (Å²) >= 11 is 0. The molecule has 4 rings (SSSR count). The molecule has 1 aliphatic heterocycles. The Labute approximate surface area is 176 Å². The molecule has 1 aromatic carbocycles. The van der Waals surface area contributed by atoms with Crippen LogP contribution >= 0.6 is 0 Å². The molecule has 0 bridgehead atoms. The van der Waals surface area contributed by atoms with Gasteiger partial charge >= 0.3 is 5.97 Å². The number of anilines is 1. The fraction of sp³-hybridized carbons (Fsp3) is 0.375. The van der Waals surface area contributed by atoms with Crippen molar-refractivity contribution in [1.29, 1.82) is 0 Å². The molecule has 1 fully saturated rings. The molecule has 3 aromatic rings. The second kappa shape index (κ2) is 8.40. The van der Waals surface area contributed by atoms with Crippen LogP contribution in [-0.2, 0) is 4.74 Å².